The Bertz CT molecular complexity index is 1980. The molecule has 0 aromatic heterocycles. The highest BCUT2D eigenvalue weighted by Crippen LogP contribution is 2.58. The van der Waals surface area contributed by atoms with Gasteiger partial charge in [-0.1, -0.05) is 76.2 Å². The van der Waals surface area contributed by atoms with Crippen LogP contribution in [0.5, 0.6) is 0 Å². The monoisotopic (exact) mass is 698 g/mol. The standard InChI is InChI=1S/C44H54N6O2/c1-5-21-49(22-6-2)41-25-13-9-17-29(45)33(25)37(34-26(41)14-10-18-30(34)46)39-43(51)40(44(39)52)38-35-27(15-11-19-31(35)47)42(50(23-7-3)24-8-4)28-16-12-20-32(48)36(28)38/h9-20,39-40,43-44,51-52H,5-8,21-24,45-48H2,1-4H3. The lowest BCUT2D eigenvalue weighted by atomic mass is 9.60. The average molecular weight is 699 g/mol. The van der Waals surface area contributed by atoms with Crippen LogP contribution >= 0.6 is 0 Å². The summed E-state index contributed by atoms with van der Waals surface area (Å²) in [6.07, 6.45) is 1.98. The molecule has 8 nitrogen and oxygen atoms in total. The van der Waals surface area contributed by atoms with Gasteiger partial charge in [0.2, 0.25) is 0 Å². The van der Waals surface area contributed by atoms with Gasteiger partial charge in [0, 0.05) is 104 Å². The predicted octanol–water partition coefficient (Wildman–Crippen LogP) is 8.48. The second-order valence-corrected chi connectivity index (χ2v) is 14.6. The van der Waals surface area contributed by atoms with Crippen LogP contribution in [-0.2, 0) is 0 Å². The lowest BCUT2D eigenvalue weighted by Gasteiger charge is -2.49. The van der Waals surface area contributed by atoms with Crippen molar-refractivity contribution >= 4 is 77.2 Å². The second-order valence-electron chi connectivity index (χ2n) is 14.6. The number of fused-ring (bicyclic) bond motifs is 4. The smallest absolute Gasteiger partial charge is 0.0728 e. The first-order valence-corrected chi connectivity index (χ1v) is 19.1. The van der Waals surface area contributed by atoms with E-state index in [2.05, 4.69) is 61.8 Å². The van der Waals surface area contributed by atoms with Crippen molar-refractivity contribution in [1.29, 1.82) is 0 Å². The van der Waals surface area contributed by atoms with Crippen LogP contribution in [0.2, 0.25) is 0 Å². The molecule has 0 bridgehead atoms. The van der Waals surface area contributed by atoms with E-state index in [9.17, 15) is 10.2 Å². The molecule has 0 aliphatic heterocycles. The Morgan fingerprint density at radius 3 is 0.923 bits per heavy atom. The maximum atomic E-state index is 12.6. The van der Waals surface area contributed by atoms with E-state index < -0.39 is 24.0 Å². The van der Waals surface area contributed by atoms with Gasteiger partial charge in [-0.25, -0.2) is 0 Å². The third-order valence-electron chi connectivity index (χ3n) is 11.2. The Balaban J connectivity index is 1.50. The molecule has 8 heteroatoms. The molecule has 7 rings (SSSR count). The Hall–Kier alpha value is -4.92. The van der Waals surface area contributed by atoms with Crippen LogP contribution < -0.4 is 32.7 Å². The van der Waals surface area contributed by atoms with E-state index in [-0.39, 0.29) is 0 Å². The van der Waals surface area contributed by atoms with E-state index in [1.165, 1.54) is 0 Å². The number of nitrogen functional groups attached to an aromatic ring is 4. The normalized spacial score (nSPS) is 18.7. The second kappa shape index (κ2) is 14.2. The summed E-state index contributed by atoms with van der Waals surface area (Å²) in [5.41, 5.74) is 33.7. The number of benzene rings is 6. The van der Waals surface area contributed by atoms with Gasteiger partial charge in [-0.3, -0.25) is 0 Å². The van der Waals surface area contributed by atoms with Crippen molar-refractivity contribution < 1.29 is 10.2 Å². The van der Waals surface area contributed by atoms with Gasteiger partial charge in [0.15, 0.2) is 0 Å². The zero-order valence-electron chi connectivity index (χ0n) is 31.0. The first-order valence-electron chi connectivity index (χ1n) is 19.1. The quantitative estimate of drug-likeness (QED) is 0.0550. The predicted molar refractivity (Wildman–Crippen MR) is 224 cm³/mol. The van der Waals surface area contributed by atoms with E-state index in [4.69, 9.17) is 22.9 Å². The van der Waals surface area contributed by atoms with Crippen molar-refractivity contribution in [2.45, 2.75) is 77.4 Å². The average Bonchev–Trinajstić information content (AvgIpc) is 3.12. The lowest BCUT2D eigenvalue weighted by molar-refractivity contribution is -0.0765. The summed E-state index contributed by atoms with van der Waals surface area (Å²) in [4.78, 5) is 4.85. The molecule has 52 heavy (non-hydrogen) atoms. The fourth-order valence-corrected chi connectivity index (χ4v) is 9.30. The number of nitrogens with two attached hydrogens (primary N) is 4. The van der Waals surface area contributed by atoms with Crippen LogP contribution in [0.15, 0.2) is 72.8 Å². The van der Waals surface area contributed by atoms with Crippen LogP contribution in [0, 0.1) is 0 Å². The Morgan fingerprint density at radius 2 is 0.692 bits per heavy atom. The number of hydrogen-bond acceptors (Lipinski definition) is 8. The molecule has 0 saturated heterocycles. The number of rotatable bonds is 12. The topological polar surface area (TPSA) is 151 Å². The van der Waals surface area contributed by atoms with Gasteiger partial charge in [0.05, 0.1) is 23.6 Å². The number of aliphatic hydroxyl groups is 2. The molecule has 1 aliphatic rings. The van der Waals surface area contributed by atoms with Crippen LogP contribution in [0.25, 0.3) is 43.1 Å². The SMILES string of the molecule is CCCN(CCC)c1c2cccc(N)c2c(C2C(O)C(c3c4c(N)cccc4c(N(CCC)CCC)c4cccc(N)c34)C2O)c2c(N)cccc12. The lowest BCUT2D eigenvalue weighted by Crippen LogP contribution is -2.52. The van der Waals surface area contributed by atoms with Crippen LogP contribution in [0.3, 0.4) is 0 Å². The molecule has 0 amide bonds. The summed E-state index contributed by atoms with van der Waals surface area (Å²) in [6, 6.07) is 24.0. The highest BCUT2D eigenvalue weighted by Gasteiger charge is 2.53. The molecule has 1 saturated carbocycles. The third-order valence-corrected chi connectivity index (χ3v) is 11.2. The molecule has 0 unspecified atom stereocenters. The number of aliphatic hydroxyl groups excluding tert-OH is 2. The molecule has 6 aromatic rings. The molecular weight excluding hydrogens is 645 g/mol. The molecule has 1 fully saturated rings. The molecular formula is C44H54N6O2. The van der Waals surface area contributed by atoms with Crippen molar-refractivity contribution in [2.75, 3.05) is 58.9 Å². The van der Waals surface area contributed by atoms with Gasteiger partial charge in [0.1, 0.15) is 0 Å². The summed E-state index contributed by atoms with van der Waals surface area (Å²) in [6.45, 7) is 12.3. The highest BCUT2D eigenvalue weighted by atomic mass is 16.3. The summed E-state index contributed by atoms with van der Waals surface area (Å²) < 4.78 is 0. The third kappa shape index (κ3) is 5.42. The van der Waals surface area contributed by atoms with E-state index in [1.54, 1.807) is 0 Å². The van der Waals surface area contributed by atoms with Gasteiger partial charge < -0.3 is 42.9 Å². The van der Waals surface area contributed by atoms with E-state index in [0.29, 0.717) is 22.7 Å². The summed E-state index contributed by atoms with van der Waals surface area (Å²) >= 11 is 0. The largest absolute Gasteiger partial charge is 0.398 e. The van der Waals surface area contributed by atoms with E-state index in [0.717, 1.165) is 117 Å². The minimum atomic E-state index is -0.979. The molecule has 0 atom stereocenters. The molecule has 1 aliphatic carbocycles. The Morgan fingerprint density at radius 1 is 0.442 bits per heavy atom. The number of hydrogen-bond donors (Lipinski definition) is 6. The molecule has 10 N–H and O–H groups in total. The molecule has 6 aromatic carbocycles. The van der Waals surface area contributed by atoms with Crippen LogP contribution in [-0.4, -0.2) is 48.6 Å². The minimum Gasteiger partial charge on any atom is -0.398 e. The van der Waals surface area contributed by atoms with Crippen molar-refractivity contribution in [2.24, 2.45) is 0 Å². The summed E-state index contributed by atoms with van der Waals surface area (Å²) in [7, 11) is 0. The van der Waals surface area contributed by atoms with E-state index >= 15 is 0 Å². The fraction of sp³-hybridized carbons (Fsp3) is 0.364. The van der Waals surface area contributed by atoms with Crippen molar-refractivity contribution in [3.05, 3.63) is 83.9 Å². The molecule has 0 radical (unpaired) electrons. The zero-order valence-corrected chi connectivity index (χ0v) is 31.0. The van der Waals surface area contributed by atoms with Gasteiger partial charge in [-0.05, 0) is 61.1 Å². The zero-order chi connectivity index (χ0) is 36.8. The first-order chi connectivity index (χ1) is 25.2. The molecule has 272 valence electrons. The number of anilines is 6. The van der Waals surface area contributed by atoms with Crippen molar-refractivity contribution in [1.82, 2.24) is 0 Å². The van der Waals surface area contributed by atoms with Gasteiger partial charge in [0.25, 0.3) is 0 Å². The molecule has 0 heterocycles. The van der Waals surface area contributed by atoms with Crippen LogP contribution in [0.4, 0.5) is 34.1 Å². The fourth-order valence-electron chi connectivity index (χ4n) is 9.30. The summed E-state index contributed by atoms with van der Waals surface area (Å²) in [5, 5.41) is 32.5. The first kappa shape index (κ1) is 35.5. The Kier molecular flexibility index (Phi) is 9.72. The van der Waals surface area contributed by atoms with E-state index in [1.807, 2.05) is 48.5 Å². The molecule has 0 spiro atoms. The van der Waals surface area contributed by atoms with Gasteiger partial charge >= 0.3 is 0 Å². The maximum absolute atomic E-state index is 12.6. The maximum Gasteiger partial charge on any atom is 0.0728 e. The minimum absolute atomic E-state index is 0.593. The Labute approximate surface area is 307 Å². The van der Waals surface area contributed by atoms with Crippen molar-refractivity contribution in [3.63, 3.8) is 0 Å². The van der Waals surface area contributed by atoms with Gasteiger partial charge in [-0.15, -0.1) is 0 Å². The highest BCUT2D eigenvalue weighted by molar-refractivity contribution is 6.21. The van der Waals surface area contributed by atoms with Gasteiger partial charge in [-0.2, -0.15) is 0 Å². The van der Waals surface area contributed by atoms with Crippen molar-refractivity contribution in [3.8, 4) is 0 Å². The summed E-state index contributed by atoms with van der Waals surface area (Å²) in [5.74, 6) is -1.33. The van der Waals surface area contributed by atoms with Crippen LogP contribution in [0.1, 0.15) is 76.3 Å². The number of nitrogens with zero attached hydrogens (tertiary/aromatic N) is 2.